The number of hydrogen-bond acceptors (Lipinski definition) is 4. The minimum Gasteiger partial charge on any atom is -0.469 e. The summed E-state index contributed by atoms with van der Waals surface area (Å²) in [4.78, 5) is 15.3. The highest BCUT2D eigenvalue weighted by Gasteiger charge is 2.01. The van der Waals surface area contributed by atoms with Crippen molar-refractivity contribution in [2.45, 2.75) is 25.7 Å². The number of nitrogens with one attached hydrogen (secondary N) is 2. The standard InChI is InChI=1S/C19H27N5O2.HI/c1-20-19(21-12-4-3-6-18(25)26-2)22-14-11-16-7-9-17(10-8-16)24-15-5-13-23-24;/h5,7-10,13,15H,3-4,6,11-12,14H2,1-2H3,(H2,20,21,22);1H. The lowest BCUT2D eigenvalue weighted by molar-refractivity contribution is -0.140. The van der Waals surface area contributed by atoms with Crippen molar-refractivity contribution in [3.63, 3.8) is 0 Å². The zero-order valence-corrected chi connectivity index (χ0v) is 18.2. The van der Waals surface area contributed by atoms with Crippen LogP contribution in [0.1, 0.15) is 24.8 Å². The third-order valence-electron chi connectivity index (χ3n) is 3.96. The normalized spacial score (nSPS) is 10.8. The zero-order valence-electron chi connectivity index (χ0n) is 15.9. The molecule has 0 bridgehead atoms. The number of benzene rings is 1. The number of rotatable bonds is 9. The van der Waals surface area contributed by atoms with Gasteiger partial charge in [0.1, 0.15) is 0 Å². The first-order chi connectivity index (χ1) is 12.7. The number of ether oxygens (including phenoxy) is 1. The molecule has 1 aromatic heterocycles. The van der Waals surface area contributed by atoms with Crippen LogP contribution in [0.2, 0.25) is 0 Å². The number of aromatic nitrogens is 2. The first kappa shape index (κ1) is 22.9. The van der Waals surface area contributed by atoms with Crippen molar-refractivity contribution in [1.29, 1.82) is 0 Å². The second-order valence-electron chi connectivity index (χ2n) is 5.83. The van der Waals surface area contributed by atoms with Crippen LogP contribution in [-0.2, 0) is 16.0 Å². The minimum absolute atomic E-state index is 0. The Balaban J connectivity index is 0.00000364. The maximum Gasteiger partial charge on any atom is 0.305 e. The molecule has 7 nitrogen and oxygen atoms in total. The van der Waals surface area contributed by atoms with Gasteiger partial charge in [-0.05, 0) is 43.0 Å². The Morgan fingerprint density at radius 2 is 1.93 bits per heavy atom. The average molecular weight is 485 g/mol. The van der Waals surface area contributed by atoms with E-state index in [4.69, 9.17) is 0 Å². The molecule has 2 aromatic rings. The van der Waals surface area contributed by atoms with Gasteiger partial charge in [-0.3, -0.25) is 9.79 Å². The largest absolute Gasteiger partial charge is 0.469 e. The van der Waals surface area contributed by atoms with E-state index in [0.29, 0.717) is 6.42 Å². The van der Waals surface area contributed by atoms with Crippen molar-refractivity contribution in [3.8, 4) is 5.69 Å². The van der Waals surface area contributed by atoms with Crippen LogP contribution in [-0.4, -0.2) is 49.0 Å². The molecule has 148 valence electrons. The SMILES string of the molecule is CN=C(NCCCCC(=O)OC)NCCc1ccc(-n2cccn2)cc1.I. The quantitative estimate of drug-likeness (QED) is 0.188. The number of esters is 1. The molecule has 0 atom stereocenters. The molecule has 0 saturated carbocycles. The molecule has 0 radical (unpaired) electrons. The molecule has 2 N–H and O–H groups in total. The number of hydrogen-bond donors (Lipinski definition) is 2. The van der Waals surface area contributed by atoms with Crippen LogP contribution in [0.3, 0.4) is 0 Å². The summed E-state index contributed by atoms with van der Waals surface area (Å²) in [5.74, 6) is 0.613. The fraction of sp³-hybridized carbons (Fsp3) is 0.421. The summed E-state index contributed by atoms with van der Waals surface area (Å²) in [5.41, 5.74) is 2.30. The Labute approximate surface area is 177 Å². The second kappa shape index (κ2) is 13.1. The highest BCUT2D eigenvalue weighted by atomic mass is 127. The van der Waals surface area contributed by atoms with Crippen LogP contribution in [0, 0.1) is 0 Å². The lowest BCUT2D eigenvalue weighted by Gasteiger charge is -2.12. The maximum absolute atomic E-state index is 11.0. The van der Waals surface area contributed by atoms with E-state index in [1.54, 1.807) is 13.2 Å². The molecule has 0 saturated heterocycles. The van der Waals surface area contributed by atoms with Gasteiger partial charge in [-0.25, -0.2) is 4.68 Å². The van der Waals surface area contributed by atoms with E-state index in [0.717, 1.165) is 44.0 Å². The predicted octanol–water partition coefficient (Wildman–Crippen LogP) is 2.54. The number of nitrogens with zero attached hydrogens (tertiary/aromatic N) is 3. The molecule has 27 heavy (non-hydrogen) atoms. The number of guanidine groups is 1. The maximum atomic E-state index is 11.0. The van der Waals surface area contributed by atoms with Crippen LogP contribution in [0.4, 0.5) is 0 Å². The summed E-state index contributed by atoms with van der Waals surface area (Å²) < 4.78 is 6.46. The Morgan fingerprint density at radius 3 is 2.56 bits per heavy atom. The molecule has 8 heteroatoms. The van der Waals surface area contributed by atoms with Gasteiger partial charge >= 0.3 is 5.97 Å². The lowest BCUT2D eigenvalue weighted by Crippen LogP contribution is -2.38. The predicted molar refractivity (Wildman–Crippen MR) is 118 cm³/mol. The Morgan fingerprint density at radius 1 is 1.19 bits per heavy atom. The van der Waals surface area contributed by atoms with Gasteiger partial charge < -0.3 is 15.4 Å². The minimum atomic E-state index is -0.161. The number of carbonyl (C=O) groups is 1. The molecule has 0 aliphatic heterocycles. The van der Waals surface area contributed by atoms with Crippen LogP contribution >= 0.6 is 24.0 Å². The van der Waals surface area contributed by atoms with E-state index in [9.17, 15) is 4.79 Å². The molecule has 0 unspecified atom stereocenters. The van der Waals surface area contributed by atoms with Gasteiger partial charge in [-0.2, -0.15) is 5.10 Å². The zero-order chi connectivity index (χ0) is 18.6. The van der Waals surface area contributed by atoms with E-state index < -0.39 is 0 Å². The lowest BCUT2D eigenvalue weighted by atomic mass is 10.1. The third-order valence-corrected chi connectivity index (χ3v) is 3.96. The summed E-state index contributed by atoms with van der Waals surface area (Å²) in [6.07, 6.45) is 6.76. The van der Waals surface area contributed by atoms with Gasteiger partial charge in [0.2, 0.25) is 0 Å². The molecule has 1 heterocycles. The second-order valence-corrected chi connectivity index (χ2v) is 5.83. The molecule has 0 spiro atoms. The van der Waals surface area contributed by atoms with Crippen molar-refractivity contribution < 1.29 is 9.53 Å². The molecule has 0 fully saturated rings. The highest BCUT2D eigenvalue weighted by molar-refractivity contribution is 14.0. The van der Waals surface area contributed by atoms with Gasteiger partial charge in [-0.15, -0.1) is 24.0 Å². The number of methoxy groups -OCH3 is 1. The van der Waals surface area contributed by atoms with E-state index in [2.05, 4.69) is 49.7 Å². The van der Waals surface area contributed by atoms with Gasteiger partial charge in [-0.1, -0.05) is 12.1 Å². The molecular weight excluding hydrogens is 457 g/mol. The number of carbonyl (C=O) groups excluding carboxylic acids is 1. The molecule has 0 aliphatic rings. The van der Waals surface area contributed by atoms with E-state index in [1.165, 1.54) is 12.7 Å². The summed E-state index contributed by atoms with van der Waals surface area (Å²) in [6.45, 7) is 1.57. The van der Waals surface area contributed by atoms with Crippen LogP contribution < -0.4 is 10.6 Å². The molecule has 2 rings (SSSR count). The summed E-state index contributed by atoms with van der Waals surface area (Å²) in [6, 6.07) is 10.3. The van der Waals surface area contributed by atoms with Crippen LogP contribution in [0.5, 0.6) is 0 Å². The smallest absolute Gasteiger partial charge is 0.305 e. The first-order valence-corrected chi connectivity index (χ1v) is 8.83. The fourth-order valence-electron chi connectivity index (χ4n) is 2.49. The van der Waals surface area contributed by atoms with Crippen molar-refractivity contribution in [1.82, 2.24) is 20.4 Å². The first-order valence-electron chi connectivity index (χ1n) is 8.83. The Bertz CT molecular complexity index is 687. The van der Waals surface area contributed by atoms with E-state index in [1.807, 2.05) is 16.9 Å². The summed E-state index contributed by atoms with van der Waals surface area (Å²) in [7, 11) is 3.17. The van der Waals surface area contributed by atoms with Crippen LogP contribution in [0.25, 0.3) is 5.69 Å². The van der Waals surface area contributed by atoms with E-state index in [-0.39, 0.29) is 29.9 Å². The summed E-state index contributed by atoms with van der Waals surface area (Å²) in [5, 5.41) is 10.8. The van der Waals surface area contributed by atoms with Crippen molar-refractivity contribution in [2.24, 2.45) is 4.99 Å². The summed E-state index contributed by atoms with van der Waals surface area (Å²) >= 11 is 0. The fourth-order valence-corrected chi connectivity index (χ4v) is 2.49. The molecule has 0 amide bonds. The van der Waals surface area contributed by atoms with Crippen LogP contribution in [0.15, 0.2) is 47.7 Å². The number of aliphatic imine (C=N–C) groups is 1. The molecular formula is C19H28IN5O2. The van der Waals surface area contributed by atoms with Gasteiger partial charge in [0.05, 0.1) is 12.8 Å². The molecule has 1 aromatic carbocycles. The van der Waals surface area contributed by atoms with Crippen molar-refractivity contribution in [2.75, 3.05) is 27.2 Å². The third kappa shape index (κ3) is 8.42. The number of unbranched alkanes of at least 4 members (excludes halogenated alkanes) is 1. The average Bonchev–Trinajstić information content (AvgIpc) is 3.21. The van der Waals surface area contributed by atoms with Gasteiger partial charge in [0.25, 0.3) is 0 Å². The van der Waals surface area contributed by atoms with Crippen molar-refractivity contribution >= 4 is 35.9 Å². The topological polar surface area (TPSA) is 80.5 Å². The Hall–Kier alpha value is -2.10. The molecule has 0 aliphatic carbocycles. The number of halogens is 1. The Kier molecular flexibility index (Phi) is 11.2. The highest BCUT2D eigenvalue weighted by Crippen LogP contribution is 2.08. The van der Waals surface area contributed by atoms with Gasteiger partial charge in [0, 0.05) is 39.0 Å². The van der Waals surface area contributed by atoms with Crippen molar-refractivity contribution in [3.05, 3.63) is 48.3 Å². The van der Waals surface area contributed by atoms with E-state index >= 15 is 0 Å². The monoisotopic (exact) mass is 485 g/mol. The van der Waals surface area contributed by atoms with Gasteiger partial charge in [0.15, 0.2) is 5.96 Å².